The Morgan fingerprint density at radius 3 is 2.44 bits per heavy atom. The molecule has 1 amide bonds. The molecule has 0 saturated carbocycles. The largest absolute Gasteiger partial charge is 0.495 e. The molecule has 1 aliphatic heterocycles. The van der Waals surface area contributed by atoms with Crippen molar-refractivity contribution in [3.05, 3.63) is 64.8 Å². The van der Waals surface area contributed by atoms with Gasteiger partial charge in [-0.1, -0.05) is 41.9 Å². The highest BCUT2D eigenvalue weighted by atomic mass is 35.5. The van der Waals surface area contributed by atoms with Crippen molar-refractivity contribution in [3.8, 4) is 22.8 Å². The second kappa shape index (κ2) is 13.0. The zero-order valence-electron chi connectivity index (χ0n) is 24.4. The highest BCUT2D eigenvalue weighted by Crippen LogP contribution is 2.46. The van der Waals surface area contributed by atoms with Gasteiger partial charge in [-0.2, -0.15) is 0 Å². The van der Waals surface area contributed by atoms with Crippen molar-refractivity contribution in [1.82, 2.24) is 19.9 Å². The molecule has 0 unspecified atom stereocenters. The van der Waals surface area contributed by atoms with Gasteiger partial charge in [-0.15, -0.1) is 0 Å². The third-order valence-electron chi connectivity index (χ3n) is 7.41. The Balaban J connectivity index is 1.63. The van der Waals surface area contributed by atoms with E-state index in [4.69, 9.17) is 42.6 Å². The van der Waals surface area contributed by atoms with Gasteiger partial charge in [0.25, 0.3) is 0 Å². The number of aromatic nitrogens is 3. The van der Waals surface area contributed by atoms with E-state index in [1.165, 1.54) is 20.3 Å². The van der Waals surface area contributed by atoms with Crippen LogP contribution in [0.3, 0.4) is 0 Å². The lowest BCUT2D eigenvalue weighted by molar-refractivity contribution is -0.111. The van der Waals surface area contributed by atoms with Gasteiger partial charge in [-0.05, 0) is 63.7 Å². The maximum atomic E-state index is 12.1. The SMILES string of the molecule is C=CC(=O)Nc1cccc(C)c1Nc1ncc2cc(-c3c(Cl)c(OC)cc(OC)c3Cl)nc(NC3CCN(C)CC3)c2n1. The molecule has 12 heteroatoms. The number of halogens is 2. The topological polar surface area (TPSA) is 114 Å². The molecule has 1 aliphatic rings. The van der Waals surface area contributed by atoms with Crippen molar-refractivity contribution in [3.63, 3.8) is 0 Å². The Bertz CT molecular complexity index is 1660. The first-order valence-electron chi connectivity index (χ1n) is 13.8. The molecule has 5 rings (SSSR count). The van der Waals surface area contributed by atoms with Crippen molar-refractivity contribution in [2.45, 2.75) is 25.8 Å². The number of ether oxygens (including phenoxy) is 2. The van der Waals surface area contributed by atoms with Crippen molar-refractivity contribution in [2.75, 3.05) is 50.3 Å². The molecule has 4 aromatic rings. The number of piperidine rings is 1. The highest BCUT2D eigenvalue weighted by molar-refractivity contribution is 6.41. The number of likely N-dealkylation sites (tertiary alicyclic amines) is 1. The minimum absolute atomic E-state index is 0.191. The van der Waals surface area contributed by atoms with Crippen LogP contribution < -0.4 is 25.4 Å². The zero-order valence-corrected chi connectivity index (χ0v) is 25.9. The van der Waals surface area contributed by atoms with Gasteiger partial charge < -0.3 is 30.3 Å². The number of nitrogens with one attached hydrogen (secondary N) is 3. The highest BCUT2D eigenvalue weighted by Gasteiger charge is 2.24. The van der Waals surface area contributed by atoms with Gasteiger partial charge >= 0.3 is 0 Å². The smallest absolute Gasteiger partial charge is 0.247 e. The predicted octanol–water partition coefficient (Wildman–Crippen LogP) is 6.70. The molecule has 3 N–H and O–H groups in total. The zero-order chi connectivity index (χ0) is 30.7. The molecule has 43 heavy (non-hydrogen) atoms. The molecule has 0 atom stereocenters. The molecular weight excluding hydrogens is 589 g/mol. The van der Waals surface area contributed by atoms with Crippen molar-refractivity contribution < 1.29 is 14.3 Å². The number of carbonyl (C=O) groups is 1. The molecule has 3 heterocycles. The number of nitrogens with zero attached hydrogens (tertiary/aromatic N) is 4. The van der Waals surface area contributed by atoms with Crippen molar-refractivity contribution >= 4 is 63.2 Å². The number of amides is 1. The van der Waals surface area contributed by atoms with Gasteiger partial charge in [0.1, 0.15) is 17.0 Å². The summed E-state index contributed by atoms with van der Waals surface area (Å²) in [6.45, 7) is 7.41. The fraction of sp³-hybridized carbons (Fsp3) is 0.290. The first kappa shape index (κ1) is 30.3. The number of para-hydroxylation sites is 1. The summed E-state index contributed by atoms with van der Waals surface area (Å²) in [6, 6.07) is 9.27. The first-order valence-corrected chi connectivity index (χ1v) is 14.5. The van der Waals surface area contributed by atoms with Crippen LogP contribution in [-0.2, 0) is 4.79 Å². The molecule has 0 bridgehead atoms. The Morgan fingerprint density at radius 1 is 1.09 bits per heavy atom. The summed E-state index contributed by atoms with van der Waals surface area (Å²) >= 11 is 13.5. The van der Waals surface area contributed by atoms with E-state index in [0.29, 0.717) is 61.5 Å². The number of aryl methyl sites for hydroxylation is 1. The van der Waals surface area contributed by atoms with E-state index in [2.05, 4.69) is 39.5 Å². The van der Waals surface area contributed by atoms with E-state index in [9.17, 15) is 4.79 Å². The van der Waals surface area contributed by atoms with Gasteiger partial charge in [0.05, 0.1) is 41.3 Å². The minimum Gasteiger partial charge on any atom is -0.495 e. The molecule has 2 aromatic heterocycles. The summed E-state index contributed by atoms with van der Waals surface area (Å²) < 4.78 is 11.0. The maximum Gasteiger partial charge on any atom is 0.247 e. The van der Waals surface area contributed by atoms with Crippen LogP contribution in [0.25, 0.3) is 22.2 Å². The van der Waals surface area contributed by atoms with Gasteiger partial charge in [-0.25, -0.2) is 15.0 Å². The Kier molecular flexibility index (Phi) is 9.19. The van der Waals surface area contributed by atoms with Crippen LogP contribution in [0.4, 0.5) is 23.1 Å². The van der Waals surface area contributed by atoms with Gasteiger partial charge in [-0.3, -0.25) is 4.79 Å². The number of benzene rings is 2. The predicted molar refractivity (Wildman–Crippen MR) is 173 cm³/mol. The number of fused-ring (bicyclic) bond motifs is 1. The van der Waals surface area contributed by atoms with Crippen LogP contribution in [-0.4, -0.2) is 66.2 Å². The third-order valence-corrected chi connectivity index (χ3v) is 8.16. The van der Waals surface area contributed by atoms with Crippen molar-refractivity contribution in [2.24, 2.45) is 0 Å². The molecule has 1 fully saturated rings. The maximum absolute atomic E-state index is 12.1. The van der Waals surface area contributed by atoms with E-state index in [-0.39, 0.29) is 11.9 Å². The number of pyridine rings is 1. The summed E-state index contributed by atoms with van der Waals surface area (Å²) in [6.07, 6.45) is 4.84. The lowest BCUT2D eigenvalue weighted by atomic mass is 10.0. The third kappa shape index (κ3) is 6.46. The van der Waals surface area contributed by atoms with Gasteiger partial charge in [0.2, 0.25) is 11.9 Å². The van der Waals surface area contributed by atoms with Crippen LogP contribution in [0.2, 0.25) is 10.0 Å². The summed E-state index contributed by atoms with van der Waals surface area (Å²) in [5, 5.41) is 11.1. The summed E-state index contributed by atoms with van der Waals surface area (Å²) in [5.74, 6) is 1.43. The quantitative estimate of drug-likeness (QED) is 0.176. The van der Waals surface area contributed by atoms with Crippen LogP contribution >= 0.6 is 23.2 Å². The summed E-state index contributed by atoms with van der Waals surface area (Å²) in [5.41, 5.74) is 3.79. The van der Waals surface area contributed by atoms with Crippen LogP contribution in [0.15, 0.2) is 49.2 Å². The standard InChI is InChI=1S/C31H33Cl2N7O3/c1-6-24(41)36-20-9-7-8-17(2)28(20)38-31-34-16-18-14-21(25-26(32)22(42-4)15-23(43-5)27(25)33)37-30(29(18)39-31)35-19-10-12-40(3)13-11-19/h6-9,14-16,19H,1,10-13H2,2-5H3,(H,35,37)(H,36,41)(H,34,38,39). The molecule has 1 saturated heterocycles. The number of rotatable bonds is 9. The Morgan fingerprint density at radius 2 is 1.79 bits per heavy atom. The fourth-order valence-electron chi connectivity index (χ4n) is 5.02. The second-order valence-corrected chi connectivity index (χ2v) is 11.1. The van der Waals surface area contributed by atoms with Crippen LogP contribution in [0, 0.1) is 6.92 Å². The Labute approximate surface area is 260 Å². The molecule has 2 aromatic carbocycles. The van der Waals surface area contributed by atoms with Crippen molar-refractivity contribution in [1.29, 1.82) is 0 Å². The molecule has 10 nitrogen and oxygen atoms in total. The lowest BCUT2D eigenvalue weighted by Gasteiger charge is -2.30. The van der Waals surface area contributed by atoms with E-state index in [1.54, 1.807) is 18.3 Å². The molecule has 0 aliphatic carbocycles. The number of hydrogen-bond acceptors (Lipinski definition) is 9. The number of methoxy groups -OCH3 is 2. The van der Waals surface area contributed by atoms with E-state index in [0.717, 1.165) is 36.9 Å². The lowest BCUT2D eigenvalue weighted by Crippen LogP contribution is -2.37. The fourth-order valence-corrected chi connectivity index (χ4v) is 5.71. The number of hydrogen-bond donors (Lipinski definition) is 3. The van der Waals surface area contributed by atoms with E-state index < -0.39 is 0 Å². The van der Waals surface area contributed by atoms with Gasteiger partial charge in [0, 0.05) is 29.3 Å². The summed E-state index contributed by atoms with van der Waals surface area (Å²) in [7, 11) is 5.18. The minimum atomic E-state index is -0.319. The normalized spacial score (nSPS) is 13.9. The van der Waals surface area contributed by atoms with E-state index in [1.807, 2.05) is 25.1 Å². The summed E-state index contributed by atoms with van der Waals surface area (Å²) in [4.78, 5) is 28.8. The second-order valence-electron chi connectivity index (χ2n) is 10.3. The average Bonchev–Trinajstić information content (AvgIpc) is 3.00. The van der Waals surface area contributed by atoms with Crippen LogP contribution in [0.1, 0.15) is 18.4 Å². The molecular formula is C31H33Cl2N7O3. The Hall–Kier alpha value is -4.12. The number of carbonyl (C=O) groups excluding carboxylic acids is 1. The molecule has 0 radical (unpaired) electrons. The van der Waals surface area contributed by atoms with Crippen LogP contribution in [0.5, 0.6) is 11.5 Å². The van der Waals surface area contributed by atoms with E-state index >= 15 is 0 Å². The monoisotopic (exact) mass is 621 g/mol. The average molecular weight is 623 g/mol. The molecule has 0 spiro atoms. The first-order chi connectivity index (χ1) is 20.7. The van der Waals surface area contributed by atoms with Gasteiger partial charge in [0.15, 0.2) is 5.82 Å². The molecule has 224 valence electrons. The number of anilines is 4.